The third kappa shape index (κ3) is 3.45. The van der Waals surface area contributed by atoms with Crippen LogP contribution < -0.4 is 0 Å². The van der Waals surface area contributed by atoms with E-state index in [2.05, 4.69) is 40.0 Å². The first-order chi connectivity index (χ1) is 6.21. The van der Waals surface area contributed by atoms with E-state index in [1.54, 1.807) is 0 Å². The Morgan fingerprint density at radius 2 is 1.85 bits per heavy atom. The van der Waals surface area contributed by atoms with Crippen LogP contribution in [0.25, 0.3) is 0 Å². The van der Waals surface area contributed by atoms with Crippen LogP contribution in [-0.4, -0.2) is 0 Å². The standard InChI is InChI=1S/C13H20/c1-6-10-12(8-3)13(9-4)11(5)7-2/h7-9H,2,4,6,10H2,1,3,5H3/b12-8-,13-11+. The summed E-state index contributed by atoms with van der Waals surface area (Å²) in [6, 6.07) is 0. The van der Waals surface area contributed by atoms with Crippen LogP contribution >= 0.6 is 0 Å². The van der Waals surface area contributed by atoms with Crippen molar-refractivity contribution >= 4 is 0 Å². The van der Waals surface area contributed by atoms with Gasteiger partial charge in [-0.1, -0.05) is 44.7 Å². The maximum atomic E-state index is 3.83. The minimum Gasteiger partial charge on any atom is -0.0988 e. The predicted octanol–water partition coefficient (Wildman–Crippen LogP) is 4.42. The maximum Gasteiger partial charge on any atom is -0.0205 e. The summed E-state index contributed by atoms with van der Waals surface area (Å²) in [7, 11) is 0. The van der Waals surface area contributed by atoms with Crippen LogP contribution in [0.3, 0.4) is 0 Å². The summed E-state index contributed by atoms with van der Waals surface area (Å²) in [4.78, 5) is 0. The predicted molar refractivity (Wildman–Crippen MR) is 61.8 cm³/mol. The molecule has 72 valence electrons. The SMILES string of the molecule is C=C/C(C)=C(C=C)/C(=C\C)CCC. The van der Waals surface area contributed by atoms with Crippen molar-refractivity contribution in [1.82, 2.24) is 0 Å². The number of hydrogen-bond donors (Lipinski definition) is 0. The van der Waals surface area contributed by atoms with Crippen LogP contribution in [0.15, 0.2) is 48.1 Å². The van der Waals surface area contributed by atoms with Gasteiger partial charge in [-0.3, -0.25) is 0 Å². The fraction of sp³-hybridized carbons (Fsp3) is 0.385. The topological polar surface area (TPSA) is 0 Å². The highest BCUT2D eigenvalue weighted by Gasteiger charge is 2.01. The molecule has 0 heteroatoms. The van der Waals surface area contributed by atoms with Crippen LogP contribution in [0.2, 0.25) is 0 Å². The average Bonchev–Trinajstić information content (AvgIpc) is 2.17. The van der Waals surface area contributed by atoms with E-state index in [4.69, 9.17) is 0 Å². The highest BCUT2D eigenvalue weighted by molar-refractivity contribution is 5.45. The summed E-state index contributed by atoms with van der Waals surface area (Å²) in [6.07, 6.45) is 8.25. The van der Waals surface area contributed by atoms with Gasteiger partial charge < -0.3 is 0 Å². The molecule has 0 aromatic heterocycles. The van der Waals surface area contributed by atoms with E-state index in [0.29, 0.717) is 0 Å². The van der Waals surface area contributed by atoms with Crippen molar-refractivity contribution < 1.29 is 0 Å². The lowest BCUT2D eigenvalue weighted by molar-refractivity contribution is 0.913. The zero-order chi connectivity index (χ0) is 10.3. The summed E-state index contributed by atoms with van der Waals surface area (Å²) in [6.45, 7) is 13.9. The molecule has 13 heavy (non-hydrogen) atoms. The number of allylic oxidation sites excluding steroid dienone is 6. The quantitative estimate of drug-likeness (QED) is 0.544. The van der Waals surface area contributed by atoms with Gasteiger partial charge in [-0.25, -0.2) is 0 Å². The summed E-state index contributed by atoms with van der Waals surface area (Å²) in [5, 5.41) is 0. The van der Waals surface area contributed by atoms with Crippen molar-refractivity contribution in [2.75, 3.05) is 0 Å². The van der Waals surface area contributed by atoms with Gasteiger partial charge >= 0.3 is 0 Å². The molecule has 0 saturated heterocycles. The van der Waals surface area contributed by atoms with Gasteiger partial charge in [-0.15, -0.1) is 0 Å². The molecule has 0 amide bonds. The maximum absolute atomic E-state index is 3.83. The second-order valence-electron chi connectivity index (χ2n) is 3.07. The van der Waals surface area contributed by atoms with Gasteiger partial charge in [0.05, 0.1) is 0 Å². The molecule has 0 atom stereocenters. The Kier molecular flexibility index (Phi) is 5.96. The Morgan fingerprint density at radius 3 is 2.15 bits per heavy atom. The Balaban J connectivity index is 4.95. The Bertz CT molecular complexity index is 239. The molecule has 0 unspecified atom stereocenters. The highest BCUT2D eigenvalue weighted by Crippen LogP contribution is 2.20. The molecule has 0 N–H and O–H groups in total. The molecule has 0 aliphatic carbocycles. The van der Waals surface area contributed by atoms with Crippen LogP contribution in [0.4, 0.5) is 0 Å². The lowest BCUT2D eigenvalue weighted by atomic mass is 9.97. The first-order valence-electron chi connectivity index (χ1n) is 4.82. The van der Waals surface area contributed by atoms with Crippen molar-refractivity contribution in [3.63, 3.8) is 0 Å². The fourth-order valence-corrected chi connectivity index (χ4v) is 1.36. The minimum absolute atomic E-state index is 1.11. The van der Waals surface area contributed by atoms with Crippen molar-refractivity contribution in [2.24, 2.45) is 0 Å². The Hall–Kier alpha value is -1.04. The van der Waals surface area contributed by atoms with Gasteiger partial charge in [0.15, 0.2) is 0 Å². The zero-order valence-electron chi connectivity index (χ0n) is 9.06. The van der Waals surface area contributed by atoms with Crippen molar-refractivity contribution in [3.05, 3.63) is 48.1 Å². The largest absolute Gasteiger partial charge is 0.0988 e. The van der Waals surface area contributed by atoms with Gasteiger partial charge in [0.1, 0.15) is 0 Å². The summed E-state index contributed by atoms with van der Waals surface area (Å²) in [5.41, 5.74) is 3.81. The molecular weight excluding hydrogens is 156 g/mol. The first-order valence-corrected chi connectivity index (χ1v) is 4.82. The number of hydrogen-bond acceptors (Lipinski definition) is 0. The van der Waals surface area contributed by atoms with Crippen LogP contribution in [-0.2, 0) is 0 Å². The fourth-order valence-electron chi connectivity index (χ4n) is 1.36. The summed E-state index contributed by atoms with van der Waals surface area (Å²) in [5.74, 6) is 0. The van der Waals surface area contributed by atoms with E-state index in [-0.39, 0.29) is 0 Å². The van der Waals surface area contributed by atoms with Crippen LogP contribution in [0.1, 0.15) is 33.6 Å². The molecule has 0 spiro atoms. The Labute approximate surface area is 82.4 Å². The Morgan fingerprint density at radius 1 is 1.23 bits per heavy atom. The van der Waals surface area contributed by atoms with E-state index in [1.807, 2.05) is 12.2 Å². The van der Waals surface area contributed by atoms with Gasteiger partial charge in [0.25, 0.3) is 0 Å². The third-order valence-corrected chi connectivity index (χ3v) is 2.15. The molecule has 0 aliphatic rings. The zero-order valence-corrected chi connectivity index (χ0v) is 9.06. The molecule has 0 aromatic rings. The van der Waals surface area contributed by atoms with Crippen molar-refractivity contribution in [3.8, 4) is 0 Å². The van der Waals surface area contributed by atoms with Gasteiger partial charge in [-0.2, -0.15) is 0 Å². The summed E-state index contributed by atoms with van der Waals surface area (Å²) < 4.78 is 0. The van der Waals surface area contributed by atoms with Crippen LogP contribution in [0, 0.1) is 0 Å². The molecule has 0 aliphatic heterocycles. The van der Waals surface area contributed by atoms with Crippen LogP contribution in [0.5, 0.6) is 0 Å². The molecule has 0 heterocycles. The second kappa shape index (κ2) is 6.47. The van der Waals surface area contributed by atoms with E-state index < -0.39 is 0 Å². The minimum atomic E-state index is 1.11. The first kappa shape index (κ1) is 12.0. The normalized spacial score (nSPS) is 13.6. The smallest absolute Gasteiger partial charge is 0.0205 e. The molecular formula is C13H20. The van der Waals surface area contributed by atoms with Crippen molar-refractivity contribution in [1.29, 1.82) is 0 Å². The molecule has 0 nitrogen and oxygen atoms in total. The van der Waals surface area contributed by atoms with E-state index >= 15 is 0 Å². The summed E-state index contributed by atoms with van der Waals surface area (Å²) >= 11 is 0. The van der Waals surface area contributed by atoms with E-state index in [0.717, 1.165) is 6.42 Å². The monoisotopic (exact) mass is 176 g/mol. The number of rotatable bonds is 5. The lowest BCUT2D eigenvalue weighted by Gasteiger charge is -2.09. The van der Waals surface area contributed by atoms with Gasteiger partial charge in [-0.05, 0) is 37.0 Å². The van der Waals surface area contributed by atoms with Gasteiger partial charge in [0, 0.05) is 0 Å². The molecule has 0 fully saturated rings. The second-order valence-corrected chi connectivity index (χ2v) is 3.07. The van der Waals surface area contributed by atoms with Crippen molar-refractivity contribution in [2.45, 2.75) is 33.6 Å². The van der Waals surface area contributed by atoms with Gasteiger partial charge in [0.2, 0.25) is 0 Å². The lowest BCUT2D eigenvalue weighted by Crippen LogP contribution is -1.89. The molecule has 0 radical (unpaired) electrons. The van der Waals surface area contributed by atoms with E-state index in [1.165, 1.54) is 23.1 Å². The third-order valence-electron chi connectivity index (χ3n) is 2.15. The molecule has 0 rings (SSSR count). The molecule has 0 saturated carbocycles. The van der Waals surface area contributed by atoms with E-state index in [9.17, 15) is 0 Å². The molecule has 0 bridgehead atoms. The average molecular weight is 176 g/mol. The molecule has 0 aromatic carbocycles. The highest BCUT2D eigenvalue weighted by atomic mass is 14.1.